The summed E-state index contributed by atoms with van der Waals surface area (Å²) in [7, 11) is -2.39. The Bertz CT molecular complexity index is 946. The molecule has 1 aliphatic rings. The molecule has 7 nitrogen and oxygen atoms in total. The molecule has 0 bridgehead atoms. The van der Waals surface area contributed by atoms with E-state index in [1.54, 1.807) is 18.2 Å². The van der Waals surface area contributed by atoms with Crippen LogP contribution >= 0.6 is 11.6 Å². The highest BCUT2D eigenvalue weighted by atomic mass is 35.5. The van der Waals surface area contributed by atoms with Crippen molar-refractivity contribution < 1.29 is 22.7 Å². The van der Waals surface area contributed by atoms with E-state index in [-0.39, 0.29) is 15.5 Å². The summed E-state index contributed by atoms with van der Waals surface area (Å²) in [6.07, 6.45) is 0.776. The Morgan fingerprint density at radius 1 is 1.08 bits per heavy atom. The number of nitrogens with one attached hydrogen (secondary N) is 2. The number of fused-ring (bicyclic) bond motifs is 1. The van der Waals surface area contributed by atoms with E-state index in [2.05, 4.69) is 10.0 Å². The van der Waals surface area contributed by atoms with Crippen molar-refractivity contribution in [2.24, 2.45) is 0 Å². The predicted octanol–water partition coefficient (Wildman–Crippen LogP) is 2.66. The normalized spacial score (nSPS) is 13.8. The molecule has 26 heavy (non-hydrogen) atoms. The van der Waals surface area contributed by atoms with E-state index < -0.39 is 15.9 Å². The second kappa shape index (κ2) is 7.53. The molecule has 0 fully saturated rings. The average Bonchev–Trinajstić information content (AvgIpc) is 2.86. The van der Waals surface area contributed by atoms with E-state index in [9.17, 15) is 13.2 Å². The summed E-state index contributed by atoms with van der Waals surface area (Å²) < 4.78 is 37.2. The van der Waals surface area contributed by atoms with Crippen LogP contribution < -0.4 is 19.5 Å². The fraction of sp³-hybridized carbons (Fsp3) is 0.235. The van der Waals surface area contributed by atoms with E-state index in [1.165, 1.54) is 25.2 Å². The zero-order chi connectivity index (χ0) is 18.7. The molecule has 0 spiro atoms. The predicted molar refractivity (Wildman–Crippen MR) is 97.7 cm³/mol. The summed E-state index contributed by atoms with van der Waals surface area (Å²) in [5.41, 5.74) is 0.535. The number of benzene rings is 2. The van der Waals surface area contributed by atoms with Crippen molar-refractivity contribution in [2.75, 3.05) is 25.6 Å². The van der Waals surface area contributed by atoms with Crippen LogP contribution in [0.4, 0.5) is 5.69 Å². The van der Waals surface area contributed by atoms with Crippen molar-refractivity contribution in [1.82, 2.24) is 4.72 Å². The van der Waals surface area contributed by atoms with E-state index in [0.717, 1.165) is 6.42 Å². The lowest BCUT2D eigenvalue weighted by Gasteiger charge is -2.12. The Labute approximate surface area is 156 Å². The zero-order valence-electron chi connectivity index (χ0n) is 13.9. The standard InChI is InChI=1S/C17H17ClN2O5S/c1-19-26(22,23)12-4-5-14(18)13(10-12)17(21)20-11-3-6-15-16(9-11)25-8-2-7-24-15/h3-6,9-10,19H,2,7-8H2,1H3,(H,20,21). The fourth-order valence-electron chi connectivity index (χ4n) is 2.40. The molecule has 0 aliphatic carbocycles. The van der Waals surface area contributed by atoms with Crippen molar-refractivity contribution in [3.63, 3.8) is 0 Å². The molecular formula is C17H17ClN2O5S. The molecule has 0 saturated heterocycles. The maximum Gasteiger partial charge on any atom is 0.257 e. The van der Waals surface area contributed by atoms with Crippen LogP contribution in [-0.2, 0) is 10.0 Å². The van der Waals surface area contributed by atoms with Crippen molar-refractivity contribution >= 4 is 33.2 Å². The number of sulfonamides is 1. The lowest BCUT2D eigenvalue weighted by Crippen LogP contribution is -2.20. The highest BCUT2D eigenvalue weighted by molar-refractivity contribution is 7.89. The Balaban J connectivity index is 1.86. The number of hydrogen-bond acceptors (Lipinski definition) is 5. The highest BCUT2D eigenvalue weighted by Gasteiger charge is 2.18. The Kier molecular flexibility index (Phi) is 5.36. The van der Waals surface area contributed by atoms with Gasteiger partial charge in [-0.1, -0.05) is 11.6 Å². The Morgan fingerprint density at radius 3 is 2.54 bits per heavy atom. The van der Waals surface area contributed by atoms with Crippen LogP contribution in [-0.4, -0.2) is 34.6 Å². The Morgan fingerprint density at radius 2 is 1.81 bits per heavy atom. The second-order valence-corrected chi connectivity index (χ2v) is 7.81. The number of halogens is 1. The number of anilines is 1. The number of ether oxygens (including phenoxy) is 2. The first kappa shape index (κ1) is 18.5. The Hall–Kier alpha value is -2.29. The van der Waals surface area contributed by atoms with Gasteiger partial charge in [0, 0.05) is 18.2 Å². The van der Waals surface area contributed by atoms with Crippen molar-refractivity contribution in [1.29, 1.82) is 0 Å². The van der Waals surface area contributed by atoms with E-state index >= 15 is 0 Å². The van der Waals surface area contributed by atoms with Crippen LogP contribution in [0.3, 0.4) is 0 Å². The number of rotatable bonds is 4. The van der Waals surface area contributed by atoms with Crippen LogP contribution in [0.1, 0.15) is 16.8 Å². The molecule has 1 heterocycles. The molecule has 2 aromatic carbocycles. The molecule has 9 heteroatoms. The molecule has 2 aromatic rings. The molecule has 1 amide bonds. The fourth-order valence-corrected chi connectivity index (χ4v) is 3.36. The molecule has 1 aliphatic heterocycles. The van der Waals surface area contributed by atoms with Gasteiger partial charge in [-0.3, -0.25) is 4.79 Å². The third-order valence-electron chi connectivity index (χ3n) is 3.77. The lowest BCUT2D eigenvalue weighted by atomic mass is 10.2. The quantitative estimate of drug-likeness (QED) is 0.828. The van der Waals surface area contributed by atoms with Crippen molar-refractivity contribution in [2.45, 2.75) is 11.3 Å². The van der Waals surface area contributed by atoms with E-state index in [0.29, 0.717) is 30.4 Å². The highest BCUT2D eigenvalue weighted by Crippen LogP contribution is 2.32. The van der Waals surface area contributed by atoms with Gasteiger partial charge in [0.2, 0.25) is 10.0 Å². The molecule has 0 aromatic heterocycles. The van der Waals surface area contributed by atoms with Gasteiger partial charge in [0.25, 0.3) is 5.91 Å². The van der Waals surface area contributed by atoms with Gasteiger partial charge in [-0.15, -0.1) is 0 Å². The molecule has 0 saturated carbocycles. The van der Waals surface area contributed by atoms with Gasteiger partial charge in [0.1, 0.15) is 0 Å². The third-order valence-corrected chi connectivity index (χ3v) is 5.51. The number of carbonyl (C=O) groups excluding carboxylic acids is 1. The van der Waals surface area contributed by atoms with Crippen molar-refractivity contribution in [3.8, 4) is 11.5 Å². The van der Waals surface area contributed by atoms with Crippen LogP contribution in [0.25, 0.3) is 0 Å². The second-order valence-electron chi connectivity index (χ2n) is 5.52. The maximum atomic E-state index is 12.6. The van der Waals surface area contributed by atoms with Gasteiger partial charge in [-0.05, 0) is 37.4 Å². The van der Waals surface area contributed by atoms with E-state index in [4.69, 9.17) is 21.1 Å². The van der Waals surface area contributed by atoms with Gasteiger partial charge < -0.3 is 14.8 Å². The molecule has 0 radical (unpaired) electrons. The number of amides is 1. The monoisotopic (exact) mass is 396 g/mol. The molecule has 2 N–H and O–H groups in total. The third kappa shape index (κ3) is 3.92. The van der Waals surface area contributed by atoms with Gasteiger partial charge in [-0.2, -0.15) is 0 Å². The van der Waals surface area contributed by atoms with Crippen LogP contribution in [0.15, 0.2) is 41.3 Å². The smallest absolute Gasteiger partial charge is 0.257 e. The first-order chi connectivity index (χ1) is 12.4. The lowest BCUT2D eigenvalue weighted by molar-refractivity contribution is 0.102. The minimum atomic E-state index is -3.69. The summed E-state index contributed by atoms with van der Waals surface area (Å²) >= 11 is 6.07. The first-order valence-electron chi connectivity index (χ1n) is 7.85. The van der Waals surface area contributed by atoms with Gasteiger partial charge in [0.15, 0.2) is 11.5 Å². The van der Waals surface area contributed by atoms with Crippen LogP contribution in [0.2, 0.25) is 5.02 Å². The van der Waals surface area contributed by atoms with Gasteiger partial charge >= 0.3 is 0 Å². The maximum absolute atomic E-state index is 12.6. The molecule has 138 valence electrons. The van der Waals surface area contributed by atoms with Gasteiger partial charge in [0.05, 0.1) is 28.7 Å². The topological polar surface area (TPSA) is 93.7 Å². The van der Waals surface area contributed by atoms with Crippen LogP contribution in [0, 0.1) is 0 Å². The van der Waals surface area contributed by atoms with E-state index in [1.807, 2.05) is 0 Å². The number of carbonyl (C=O) groups is 1. The summed E-state index contributed by atoms with van der Waals surface area (Å²) in [6.45, 7) is 1.10. The average molecular weight is 397 g/mol. The summed E-state index contributed by atoms with van der Waals surface area (Å²) in [5.74, 6) is 0.621. The minimum Gasteiger partial charge on any atom is -0.490 e. The SMILES string of the molecule is CNS(=O)(=O)c1ccc(Cl)c(C(=O)Nc2ccc3c(c2)OCCCO3)c1. The van der Waals surface area contributed by atoms with Crippen LogP contribution in [0.5, 0.6) is 11.5 Å². The largest absolute Gasteiger partial charge is 0.490 e. The summed E-state index contributed by atoms with van der Waals surface area (Å²) in [6, 6.07) is 8.97. The van der Waals surface area contributed by atoms with Crippen molar-refractivity contribution in [3.05, 3.63) is 47.0 Å². The number of hydrogen-bond donors (Lipinski definition) is 2. The first-order valence-corrected chi connectivity index (χ1v) is 9.71. The molecule has 0 atom stereocenters. The molecule has 0 unspecified atom stereocenters. The summed E-state index contributed by atoms with van der Waals surface area (Å²) in [4.78, 5) is 12.5. The minimum absolute atomic E-state index is 0.0480. The molecule has 3 rings (SSSR count). The zero-order valence-corrected chi connectivity index (χ0v) is 15.5. The van der Waals surface area contributed by atoms with Gasteiger partial charge in [-0.25, -0.2) is 13.1 Å². The molecular weight excluding hydrogens is 380 g/mol. The summed E-state index contributed by atoms with van der Waals surface area (Å²) in [5, 5.41) is 2.84.